The van der Waals surface area contributed by atoms with Crippen molar-refractivity contribution in [2.24, 2.45) is 11.8 Å². The maximum Gasteiger partial charge on any atom is 0.330 e. The molecule has 272 valence electrons. The van der Waals surface area contributed by atoms with Crippen LogP contribution >= 0.6 is 0 Å². The molecule has 0 saturated heterocycles. The van der Waals surface area contributed by atoms with Gasteiger partial charge in [0.1, 0.15) is 6.10 Å². The molecule has 1 heterocycles. The molecule has 1 aromatic carbocycles. The number of carbonyl (C=O) groups is 1. The summed E-state index contributed by atoms with van der Waals surface area (Å²) in [6.07, 6.45) is 16.0. The maximum absolute atomic E-state index is 12.3. The first-order valence-electron chi connectivity index (χ1n) is 19.2. The molecule has 0 bridgehead atoms. The number of hydrogen-bond acceptors (Lipinski definition) is 4. The lowest BCUT2D eigenvalue weighted by molar-refractivity contribution is -0.150. The molecule has 0 saturated carbocycles. The molecule has 0 radical (unpaired) electrons. The number of ether oxygens (including phenoxy) is 1. The first kappa shape index (κ1) is 42.4. The fraction of sp³-hybridized carbons (Fsp3) is 0.690. The van der Waals surface area contributed by atoms with Crippen LogP contribution < -0.4 is 0 Å². The smallest absolute Gasteiger partial charge is 0.330 e. The maximum atomic E-state index is 12.3. The normalized spacial score (nSPS) is 20.0. The van der Waals surface area contributed by atoms with Crippen molar-refractivity contribution >= 4 is 28.7 Å². The van der Waals surface area contributed by atoms with Crippen molar-refractivity contribution in [1.82, 2.24) is 0 Å². The Morgan fingerprint density at radius 3 is 1.75 bits per heavy atom. The van der Waals surface area contributed by atoms with Crippen LogP contribution in [0.5, 0.6) is 0 Å². The van der Waals surface area contributed by atoms with E-state index in [1.807, 2.05) is 0 Å². The number of carbonyl (C=O) groups excluding carboxylic acids is 1. The van der Waals surface area contributed by atoms with Crippen LogP contribution in [0.4, 0.5) is 0 Å². The van der Waals surface area contributed by atoms with E-state index in [9.17, 15) is 4.79 Å². The van der Waals surface area contributed by atoms with Gasteiger partial charge in [-0.05, 0) is 64.0 Å². The molecule has 1 aliphatic rings. The predicted molar refractivity (Wildman–Crippen MR) is 212 cm³/mol. The molecular formula is C42H72O4Si2. The van der Waals surface area contributed by atoms with Gasteiger partial charge in [0.15, 0.2) is 0 Å². The zero-order chi connectivity index (χ0) is 36.2. The van der Waals surface area contributed by atoms with Gasteiger partial charge in [-0.1, -0.05) is 158 Å². The number of rotatable bonds is 20. The first-order valence-corrected chi connectivity index (χ1v) is 23.4. The van der Waals surface area contributed by atoms with Crippen molar-refractivity contribution in [2.75, 3.05) is 0 Å². The minimum atomic E-state index is -2.19. The molecular weight excluding hydrogens is 625 g/mol. The molecule has 48 heavy (non-hydrogen) atoms. The minimum Gasteiger partial charge on any atom is -0.458 e. The first-order chi connectivity index (χ1) is 22.5. The van der Waals surface area contributed by atoms with Gasteiger partial charge in [-0.15, -0.1) is 0 Å². The van der Waals surface area contributed by atoms with Crippen molar-refractivity contribution in [3.63, 3.8) is 0 Å². The average Bonchev–Trinajstić information content (AvgIpc) is 3.01. The van der Waals surface area contributed by atoms with Crippen LogP contribution in [-0.2, 0) is 18.4 Å². The van der Waals surface area contributed by atoms with Gasteiger partial charge in [0, 0.05) is 24.5 Å². The van der Waals surface area contributed by atoms with E-state index < -0.39 is 16.6 Å². The highest BCUT2D eigenvalue weighted by molar-refractivity contribution is 6.78. The third kappa shape index (κ3) is 10.9. The lowest BCUT2D eigenvalue weighted by Crippen LogP contribution is -2.52. The summed E-state index contributed by atoms with van der Waals surface area (Å²) in [7, 11) is -4.37. The van der Waals surface area contributed by atoms with Gasteiger partial charge in [0.05, 0.1) is 6.10 Å². The lowest BCUT2D eigenvalue weighted by atomic mass is 9.85. The van der Waals surface area contributed by atoms with E-state index >= 15 is 0 Å². The third-order valence-electron chi connectivity index (χ3n) is 11.3. The second kappa shape index (κ2) is 19.6. The van der Waals surface area contributed by atoms with Gasteiger partial charge in [-0.2, -0.15) is 0 Å². The lowest BCUT2D eigenvalue weighted by Gasteiger charge is -2.47. The Bertz CT molecular complexity index is 1120. The fourth-order valence-electron chi connectivity index (χ4n) is 9.03. The Balaban J connectivity index is 2.56. The quantitative estimate of drug-likeness (QED) is 0.0773. The van der Waals surface area contributed by atoms with Crippen molar-refractivity contribution in [3.05, 3.63) is 66.3 Å². The zero-order valence-corrected chi connectivity index (χ0v) is 35.2. The molecule has 0 spiro atoms. The Kier molecular flexibility index (Phi) is 17.3. The summed E-state index contributed by atoms with van der Waals surface area (Å²) in [5.41, 5.74) is 4.13. The summed E-state index contributed by atoms with van der Waals surface area (Å²) in [5.74, 6) is 0.287. The summed E-state index contributed by atoms with van der Waals surface area (Å²) in [5, 5.41) is 0. The standard InChI is InChI=1S/C42H72O4Si2/c1-15-38-26-28-41(43)44-42(38)36(14)25-27-40(46-48(33(8)9,34(10)11)35(12)13)29-39(24-20-19-23-37-21-17-16-18-22-37)45-47(30(2)3,31(4)5)32(6)7/h16-24,26,28,30-36,38-40,42H,15,25,27,29H2,1-14H3/b23-19+,24-20+/t36-,38-,39-,40-,42-/m1/s1. The molecule has 0 aliphatic carbocycles. The van der Waals surface area contributed by atoms with E-state index in [0.29, 0.717) is 33.2 Å². The van der Waals surface area contributed by atoms with Gasteiger partial charge in [-0.3, -0.25) is 0 Å². The predicted octanol–water partition coefficient (Wildman–Crippen LogP) is 12.7. The van der Waals surface area contributed by atoms with Crippen LogP contribution in [0.2, 0.25) is 33.2 Å². The van der Waals surface area contributed by atoms with Gasteiger partial charge in [0.25, 0.3) is 0 Å². The van der Waals surface area contributed by atoms with E-state index in [2.05, 4.69) is 158 Å². The SMILES string of the molecule is CC[C@@H]1C=CC(=O)O[C@@H]1[C@H](C)CC[C@H](C[C@@H](/C=C/C=C/c1ccccc1)O[Si](C(C)C)(C(C)C)C(C)C)O[Si](C(C)C)(C(C)C)C(C)C. The average molecular weight is 697 g/mol. The van der Waals surface area contributed by atoms with Crippen molar-refractivity contribution in [1.29, 1.82) is 0 Å². The molecule has 1 aliphatic heterocycles. The summed E-state index contributed by atoms with van der Waals surface area (Å²) in [6, 6.07) is 10.5. The van der Waals surface area contributed by atoms with Gasteiger partial charge in [0.2, 0.25) is 16.6 Å². The van der Waals surface area contributed by atoms with Crippen molar-refractivity contribution < 1.29 is 18.4 Å². The molecule has 6 heteroatoms. The van der Waals surface area contributed by atoms with Crippen LogP contribution in [0.25, 0.3) is 6.08 Å². The Morgan fingerprint density at radius 2 is 1.25 bits per heavy atom. The van der Waals surface area contributed by atoms with Gasteiger partial charge >= 0.3 is 5.97 Å². The zero-order valence-electron chi connectivity index (χ0n) is 33.2. The highest BCUT2D eigenvalue weighted by atomic mass is 28.4. The molecule has 1 aromatic rings. The Labute approximate surface area is 298 Å². The monoisotopic (exact) mass is 696 g/mol. The number of esters is 1. The van der Waals surface area contributed by atoms with E-state index in [1.165, 1.54) is 5.56 Å². The van der Waals surface area contributed by atoms with Crippen LogP contribution in [0.1, 0.15) is 128 Å². The molecule has 0 N–H and O–H groups in total. The molecule has 0 aromatic heterocycles. The van der Waals surface area contributed by atoms with Crippen LogP contribution in [0.3, 0.4) is 0 Å². The van der Waals surface area contributed by atoms with Gasteiger partial charge in [-0.25, -0.2) is 4.79 Å². The topological polar surface area (TPSA) is 44.8 Å². The van der Waals surface area contributed by atoms with Crippen LogP contribution in [-0.4, -0.2) is 40.9 Å². The Morgan fingerprint density at radius 1 is 0.729 bits per heavy atom. The highest BCUT2D eigenvalue weighted by Crippen LogP contribution is 2.46. The molecule has 2 rings (SSSR count). The Hall–Kier alpha value is -1.74. The van der Waals surface area contributed by atoms with E-state index in [4.69, 9.17) is 13.6 Å². The summed E-state index contributed by atoms with van der Waals surface area (Å²) < 4.78 is 21.1. The second-order valence-corrected chi connectivity index (χ2v) is 27.1. The number of hydrogen-bond donors (Lipinski definition) is 0. The van der Waals surface area contributed by atoms with Gasteiger partial charge < -0.3 is 13.6 Å². The number of allylic oxidation sites excluding steroid dienone is 2. The molecule has 4 nitrogen and oxygen atoms in total. The number of benzene rings is 1. The van der Waals surface area contributed by atoms with E-state index in [0.717, 1.165) is 25.7 Å². The van der Waals surface area contributed by atoms with Crippen molar-refractivity contribution in [2.45, 2.75) is 174 Å². The number of cyclic esters (lactones) is 1. The van der Waals surface area contributed by atoms with Crippen molar-refractivity contribution in [3.8, 4) is 0 Å². The minimum absolute atomic E-state index is 0.0483. The van der Waals surface area contributed by atoms with Crippen LogP contribution in [0, 0.1) is 11.8 Å². The summed E-state index contributed by atoms with van der Waals surface area (Å²) in [6.45, 7) is 32.9. The fourth-order valence-corrected chi connectivity index (χ4v) is 20.2. The highest BCUT2D eigenvalue weighted by Gasteiger charge is 2.49. The summed E-state index contributed by atoms with van der Waals surface area (Å²) >= 11 is 0. The third-order valence-corrected chi connectivity index (χ3v) is 23.6. The van der Waals surface area contributed by atoms with Crippen LogP contribution in [0.15, 0.2) is 60.7 Å². The molecule has 0 unspecified atom stereocenters. The molecule has 0 amide bonds. The van der Waals surface area contributed by atoms with E-state index in [-0.39, 0.29) is 36.1 Å². The second-order valence-electron chi connectivity index (χ2n) is 16.3. The molecule has 0 fully saturated rings. The largest absolute Gasteiger partial charge is 0.458 e. The van der Waals surface area contributed by atoms with E-state index in [1.54, 1.807) is 6.08 Å². The molecule has 5 atom stereocenters. The summed E-state index contributed by atoms with van der Waals surface area (Å²) in [4.78, 5) is 12.3.